The summed E-state index contributed by atoms with van der Waals surface area (Å²) in [5.41, 5.74) is 0. The highest BCUT2D eigenvalue weighted by Crippen LogP contribution is 2.47. The SMILES string of the molecule is CCS(=O)(=O)C1CC2CC(NC)C1C2. The molecule has 0 aromatic rings. The minimum Gasteiger partial charge on any atom is -0.317 e. The van der Waals surface area contributed by atoms with Crippen LogP contribution in [0.15, 0.2) is 0 Å². The van der Waals surface area contributed by atoms with E-state index in [0.29, 0.717) is 23.6 Å². The van der Waals surface area contributed by atoms with Crippen LogP contribution in [-0.4, -0.2) is 32.5 Å². The van der Waals surface area contributed by atoms with Crippen molar-refractivity contribution in [2.24, 2.45) is 11.8 Å². The van der Waals surface area contributed by atoms with Gasteiger partial charge in [0.2, 0.25) is 0 Å². The molecular weight excluding hydrogens is 198 g/mol. The van der Waals surface area contributed by atoms with Crippen molar-refractivity contribution in [1.82, 2.24) is 5.32 Å². The molecule has 1 N–H and O–H groups in total. The molecule has 82 valence electrons. The summed E-state index contributed by atoms with van der Waals surface area (Å²) in [6.45, 7) is 1.76. The topological polar surface area (TPSA) is 46.2 Å². The Bertz CT molecular complexity index is 312. The molecule has 2 aliphatic carbocycles. The quantitative estimate of drug-likeness (QED) is 0.761. The van der Waals surface area contributed by atoms with Crippen molar-refractivity contribution in [2.75, 3.05) is 12.8 Å². The standard InChI is InChI=1S/C10H19NO2S/c1-3-14(12,13)10-6-7-4-8(10)9(5-7)11-2/h7-11H,3-6H2,1-2H3. The zero-order valence-electron chi connectivity index (χ0n) is 8.86. The third kappa shape index (κ3) is 1.48. The highest BCUT2D eigenvalue weighted by Gasteiger charge is 2.50. The van der Waals surface area contributed by atoms with Crippen LogP contribution in [0.2, 0.25) is 0 Å². The molecule has 0 aromatic heterocycles. The largest absolute Gasteiger partial charge is 0.317 e. The van der Waals surface area contributed by atoms with Gasteiger partial charge in [0.05, 0.1) is 5.25 Å². The minimum absolute atomic E-state index is 0.0521. The highest BCUT2D eigenvalue weighted by atomic mass is 32.2. The van der Waals surface area contributed by atoms with Gasteiger partial charge in [-0.3, -0.25) is 0 Å². The van der Waals surface area contributed by atoms with Gasteiger partial charge in [-0.2, -0.15) is 0 Å². The molecule has 0 radical (unpaired) electrons. The van der Waals surface area contributed by atoms with Crippen molar-refractivity contribution in [3.63, 3.8) is 0 Å². The van der Waals surface area contributed by atoms with E-state index in [-0.39, 0.29) is 5.25 Å². The lowest BCUT2D eigenvalue weighted by Gasteiger charge is -2.28. The van der Waals surface area contributed by atoms with Crippen molar-refractivity contribution in [3.05, 3.63) is 0 Å². The van der Waals surface area contributed by atoms with E-state index >= 15 is 0 Å². The predicted octanol–water partition coefficient (Wildman–Crippen LogP) is 0.808. The van der Waals surface area contributed by atoms with Crippen LogP contribution in [-0.2, 0) is 9.84 Å². The summed E-state index contributed by atoms with van der Waals surface area (Å²) in [6.07, 6.45) is 3.21. The van der Waals surface area contributed by atoms with Crippen LogP contribution in [0.25, 0.3) is 0 Å². The fourth-order valence-corrected chi connectivity index (χ4v) is 5.07. The van der Waals surface area contributed by atoms with Crippen molar-refractivity contribution < 1.29 is 8.42 Å². The van der Waals surface area contributed by atoms with Crippen LogP contribution in [0.3, 0.4) is 0 Å². The van der Waals surface area contributed by atoms with Crippen molar-refractivity contribution in [1.29, 1.82) is 0 Å². The molecule has 2 bridgehead atoms. The second-order valence-electron chi connectivity index (χ2n) is 4.62. The molecule has 0 saturated heterocycles. The zero-order chi connectivity index (χ0) is 10.3. The molecule has 3 nitrogen and oxygen atoms in total. The van der Waals surface area contributed by atoms with E-state index in [2.05, 4.69) is 5.32 Å². The molecule has 2 saturated carbocycles. The molecule has 4 heteroatoms. The molecule has 0 heterocycles. The second-order valence-corrected chi connectivity index (χ2v) is 7.13. The van der Waals surface area contributed by atoms with E-state index in [4.69, 9.17) is 0 Å². The Morgan fingerprint density at radius 3 is 2.50 bits per heavy atom. The lowest BCUT2D eigenvalue weighted by Crippen LogP contribution is -2.41. The monoisotopic (exact) mass is 217 g/mol. The van der Waals surface area contributed by atoms with E-state index in [0.717, 1.165) is 12.8 Å². The Morgan fingerprint density at radius 2 is 2.00 bits per heavy atom. The second kappa shape index (κ2) is 3.49. The Kier molecular flexibility index (Phi) is 2.60. The molecule has 2 fully saturated rings. The van der Waals surface area contributed by atoms with E-state index in [1.807, 2.05) is 7.05 Å². The molecule has 0 amide bonds. The van der Waals surface area contributed by atoms with E-state index in [1.54, 1.807) is 6.92 Å². The Labute approximate surface area is 86.2 Å². The first-order chi connectivity index (χ1) is 6.58. The van der Waals surface area contributed by atoms with Gasteiger partial charge < -0.3 is 5.32 Å². The summed E-state index contributed by atoms with van der Waals surface area (Å²) in [6, 6.07) is 0.445. The lowest BCUT2D eigenvalue weighted by atomic mass is 9.95. The summed E-state index contributed by atoms with van der Waals surface area (Å²) in [5, 5.41) is 3.20. The maximum atomic E-state index is 11.8. The Hall–Kier alpha value is -0.0900. The van der Waals surface area contributed by atoms with Gasteiger partial charge in [0.25, 0.3) is 0 Å². The van der Waals surface area contributed by atoms with Gasteiger partial charge in [0.15, 0.2) is 9.84 Å². The molecule has 2 aliphatic rings. The summed E-state index contributed by atoms with van der Waals surface area (Å²) in [4.78, 5) is 0. The summed E-state index contributed by atoms with van der Waals surface area (Å²) in [7, 11) is -0.866. The minimum atomic E-state index is -2.81. The maximum absolute atomic E-state index is 11.8. The normalized spacial score (nSPS) is 41.9. The number of fused-ring (bicyclic) bond motifs is 2. The van der Waals surface area contributed by atoms with Crippen LogP contribution in [0.4, 0.5) is 0 Å². The molecule has 2 rings (SSSR count). The average molecular weight is 217 g/mol. The fraction of sp³-hybridized carbons (Fsp3) is 1.00. The molecule has 4 unspecified atom stereocenters. The number of hydrogen-bond acceptors (Lipinski definition) is 3. The summed E-state index contributed by atoms with van der Waals surface area (Å²) < 4.78 is 23.7. The Morgan fingerprint density at radius 1 is 1.29 bits per heavy atom. The first-order valence-corrected chi connectivity index (χ1v) is 7.19. The molecule has 0 aliphatic heterocycles. The van der Waals surface area contributed by atoms with Gasteiger partial charge in [-0.25, -0.2) is 8.42 Å². The molecule has 14 heavy (non-hydrogen) atoms. The van der Waals surface area contributed by atoms with Gasteiger partial charge in [0, 0.05) is 11.8 Å². The van der Waals surface area contributed by atoms with Crippen molar-refractivity contribution in [2.45, 2.75) is 37.5 Å². The van der Waals surface area contributed by atoms with Gasteiger partial charge in [0.1, 0.15) is 0 Å². The van der Waals surface area contributed by atoms with Crippen LogP contribution in [0, 0.1) is 11.8 Å². The van der Waals surface area contributed by atoms with Gasteiger partial charge in [-0.15, -0.1) is 0 Å². The number of rotatable bonds is 3. The van der Waals surface area contributed by atoms with Gasteiger partial charge >= 0.3 is 0 Å². The molecule has 0 aromatic carbocycles. The van der Waals surface area contributed by atoms with Crippen molar-refractivity contribution in [3.8, 4) is 0 Å². The van der Waals surface area contributed by atoms with Crippen LogP contribution in [0.1, 0.15) is 26.2 Å². The Balaban J connectivity index is 2.18. The fourth-order valence-electron chi connectivity index (χ4n) is 3.24. The van der Waals surface area contributed by atoms with Crippen molar-refractivity contribution >= 4 is 9.84 Å². The van der Waals surface area contributed by atoms with Gasteiger partial charge in [-0.1, -0.05) is 6.92 Å². The molecule has 0 spiro atoms. The third-order valence-electron chi connectivity index (χ3n) is 3.99. The summed E-state index contributed by atoms with van der Waals surface area (Å²) >= 11 is 0. The maximum Gasteiger partial charge on any atom is 0.153 e. The van der Waals surface area contributed by atoms with E-state index < -0.39 is 9.84 Å². The van der Waals surface area contributed by atoms with E-state index in [9.17, 15) is 8.42 Å². The van der Waals surface area contributed by atoms with Crippen LogP contribution >= 0.6 is 0 Å². The smallest absolute Gasteiger partial charge is 0.153 e. The average Bonchev–Trinajstić information content (AvgIpc) is 2.76. The lowest BCUT2D eigenvalue weighted by molar-refractivity contribution is 0.369. The molecular formula is C10H19NO2S. The third-order valence-corrected chi connectivity index (χ3v) is 6.26. The number of sulfone groups is 1. The highest BCUT2D eigenvalue weighted by molar-refractivity contribution is 7.92. The number of nitrogens with one attached hydrogen (secondary N) is 1. The van der Waals surface area contributed by atoms with Crippen LogP contribution < -0.4 is 5.32 Å². The first kappa shape index (κ1) is 10.4. The van der Waals surface area contributed by atoms with Crippen LogP contribution in [0.5, 0.6) is 0 Å². The van der Waals surface area contributed by atoms with Gasteiger partial charge in [-0.05, 0) is 38.1 Å². The zero-order valence-corrected chi connectivity index (χ0v) is 9.68. The first-order valence-electron chi connectivity index (χ1n) is 5.47. The summed E-state index contributed by atoms with van der Waals surface area (Å²) in [5.74, 6) is 1.34. The molecule has 4 atom stereocenters. The number of hydrogen-bond donors (Lipinski definition) is 1. The predicted molar refractivity (Wildman–Crippen MR) is 56.9 cm³/mol. The van der Waals surface area contributed by atoms with E-state index in [1.165, 1.54) is 6.42 Å².